The second-order valence-electron chi connectivity index (χ2n) is 7.04. The highest BCUT2D eigenvalue weighted by atomic mass is 16.6. The smallest absolute Gasteiger partial charge is 0.317 e. The lowest BCUT2D eigenvalue weighted by molar-refractivity contribution is -0.524. The summed E-state index contributed by atoms with van der Waals surface area (Å²) in [6.07, 6.45) is 0. The van der Waals surface area contributed by atoms with Crippen molar-refractivity contribution in [2.45, 2.75) is 6.92 Å². The Morgan fingerprint density at radius 1 is 0.875 bits per heavy atom. The lowest BCUT2D eigenvalue weighted by atomic mass is 9.05. The molecule has 1 aliphatic heterocycles. The van der Waals surface area contributed by atoms with Crippen molar-refractivity contribution in [2.24, 2.45) is 58.7 Å². The van der Waals surface area contributed by atoms with E-state index in [0.717, 1.165) is 29.6 Å². The van der Waals surface area contributed by atoms with Gasteiger partial charge in [0.15, 0.2) is 0 Å². The van der Waals surface area contributed by atoms with Gasteiger partial charge >= 0.3 is 11.9 Å². The zero-order chi connectivity index (χ0) is 10.6. The summed E-state index contributed by atoms with van der Waals surface area (Å²) in [4.78, 5) is 23.5. The topological polar surface area (TPSA) is 43.4 Å². The fraction of sp³-hybridized carbons (Fsp3) is 0.846. The molecule has 16 heavy (non-hydrogen) atoms. The van der Waals surface area contributed by atoms with Gasteiger partial charge in [0.25, 0.3) is 0 Å². The highest BCUT2D eigenvalue weighted by Gasteiger charge is 2.97. The van der Waals surface area contributed by atoms with Crippen LogP contribution in [0.4, 0.5) is 0 Å². The minimum Gasteiger partial charge on any atom is -0.393 e. The van der Waals surface area contributed by atoms with Crippen molar-refractivity contribution in [2.75, 3.05) is 0 Å². The zero-order valence-electron chi connectivity index (χ0n) is 8.92. The molecule has 1 saturated heterocycles. The SMILES string of the molecule is CC12C3[C@H]4C5[C@H]3[C@@H]1C([C@H]1C(=O)OC(=O)[C@H]51)[C@H]42. The largest absolute Gasteiger partial charge is 0.393 e. The molecule has 0 aromatic rings. The molecule has 7 fully saturated rings. The molecular formula is C13H12O3. The van der Waals surface area contributed by atoms with E-state index in [4.69, 9.17) is 4.74 Å². The van der Waals surface area contributed by atoms with Crippen LogP contribution in [0.25, 0.3) is 0 Å². The quantitative estimate of drug-likeness (QED) is 0.442. The average Bonchev–Trinajstić information content (AvgIpc) is 2.52. The molecule has 0 spiro atoms. The number of hydrogen-bond acceptors (Lipinski definition) is 3. The molecule has 3 heteroatoms. The van der Waals surface area contributed by atoms with Gasteiger partial charge in [-0.2, -0.15) is 0 Å². The van der Waals surface area contributed by atoms with E-state index in [9.17, 15) is 9.59 Å². The lowest BCUT2D eigenvalue weighted by Gasteiger charge is -2.99. The first-order valence-electron chi connectivity index (χ1n) is 6.43. The molecule has 2 bridgehead atoms. The number of ether oxygens (including phenoxy) is 1. The van der Waals surface area contributed by atoms with Gasteiger partial charge in [0.2, 0.25) is 0 Å². The standard InChI is InChI=1S/C13H12O3/c1-13-8-5-2-3-4(12(15)16-11(3)14)7(9(5)13)10(13)6(2)8/h2-10H,1H3/t2?,3-,4+,5-,6-,7?,8?,9-,10+,13?/m1/s1. The first-order chi connectivity index (χ1) is 7.67. The minimum atomic E-state index is -0.195. The summed E-state index contributed by atoms with van der Waals surface area (Å²) in [6.45, 7) is 2.41. The van der Waals surface area contributed by atoms with Crippen molar-refractivity contribution in [3.63, 3.8) is 0 Å². The fourth-order valence-corrected chi connectivity index (χ4v) is 7.55. The first-order valence-corrected chi connectivity index (χ1v) is 6.43. The molecule has 3 nitrogen and oxygen atoms in total. The molecule has 0 aromatic carbocycles. The van der Waals surface area contributed by atoms with Crippen LogP contribution in [0.5, 0.6) is 0 Å². The lowest BCUT2D eigenvalue weighted by Crippen LogP contribution is -2.97. The summed E-state index contributed by atoms with van der Waals surface area (Å²) in [6, 6.07) is 0. The fourth-order valence-electron chi connectivity index (χ4n) is 7.55. The van der Waals surface area contributed by atoms with Crippen LogP contribution in [-0.4, -0.2) is 11.9 Å². The Kier molecular flexibility index (Phi) is 0.743. The second-order valence-corrected chi connectivity index (χ2v) is 7.04. The molecule has 7 rings (SSSR count). The Hall–Kier alpha value is -0.860. The van der Waals surface area contributed by atoms with Crippen molar-refractivity contribution in [1.29, 1.82) is 0 Å². The van der Waals surface area contributed by atoms with E-state index in [1.54, 1.807) is 0 Å². The van der Waals surface area contributed by atoms with Gasteiger partial charge in [0, 0.05) is 0 Å². The van der Waals surface area contributed by atoms with Crippen LogP contribution in [0.1, 0.15) is 6.92 Å². The number of carbonyl (C=O) groups excluding carboxylic acids is 2. The van der Waals surface area contributed by atoms with Crippen LogP contribution in [0, 0.1) is 58.7 Å². The van der Waals surface area contributed by atoms with Crippen LogP contribution >= 0.6 is 0 Å². The Morgan fingerprint density at radius 2 is 1.38 bits per heavy atom. The van der Waals surface area contributed by atoms with Gasteiger partial charge in [-0.25, -0.2) is 0 Å². The van der Waals surface area contributed by atoms with Crippen LogP contribution in [-0.2, 0) is 14.3 Å². The number of esters is 2. The Balaban J connectivity index is 1.58. The summed E-state index contributed by atoms with van der Waals surface area (Å²) in [5.41, 5.74) is 0.591. The van der Waals surface area contributed by atoms with Crippen molar-refractivity contribution < 1.29 is 14.3 Å². The molecule has 1 heterocycles. The molecule has 82 valence electrons. The normalized spacial score (nSPS) is 78.7. The van der Waals surface area contributed by atoms with Crippen molar-refractivity contribution >= 4 is 11.9 Å². The molecule has 0 amide bonds. The van der Waals surface area contributed by atoms with Crippen LogP contribution in [0.3, 0.4) is 0 Å². The van der Waals surface area contributed by atoms with E-state index in [1.165, 1.54) is 0 Å². The molecule has 6 aliphatic carbocycles. The Morgan fingerprint density at radius 3 is 2.00 bits per heavy atom. The van der Waals surface area contributed by atoms with Gasteiger partial charge in [-0.3, -0.25) is 9.59 Å². The molecule has 7 aliphatic rings. The van der Waals surface area contributed by atoms with E-state index >= 15 is 0 Å². The zero-order valence-corrected chi connectivity index (χ0v) is 8.92. The molecule has 6 saturated carbocycles. The van der Waals surface area contributed by atoms with E-state index in [2.05, 4.69) is 6.92 Å². The predicted molar refractivity (Wildman–Crippen MR) is 50.6 cm³/mol. The van der Waals surface area contributed by atoms with Crippen LogP contribution in [0.15, 0.2) is 0 Å². The highest BCUT2D eigenvalue weighted by Crippen LogP contribution is 2.98. The summed E-state index contributed by atoms with van der Waals surface area (Å²) in [5.74, 6) is 4.68. The third-order valence-electron chi connectivity index (χ3n) is 7.49. The third-order valence-corrected chi connectivity index (χ3v) is 7.49. The molecular weight excluding hydrogens is 204 g/mol. The monoisotopic (exact) mass is 216 g/mol. The highest BCUT2D eigenvalue weighted by molar-refractivity contribution is 5.98. The summed E-state index contributed by atoms with van der Waals surface area (Å²) in [5, 5.41) is 0. The summed E-state index contributed by atoms with van der Waals surface area (Å²) >= 11 is 0. The van der Waals surface area contributed by atoms with E-state index in [0.29, 0.717) is 17.3 Å². The van der Waals surface area contributed by atoms with Crippen molar-refractivity contribution in [1.82, 2.24) is 0 Å². The number of hydrogen-bond donors (Lipinski definition) is 0. The third kappa shape index (κ3) is 0.362. The Labute approximate surface area is 92.5 Å². The predicted octanol–water partition coefficient (Wildman–Crippen LogP) is 0.690. The molecule has 0 N–H and O–H groups in total. The molecule has 0 radical (unpaired) electrons. The van der Waals surface area contributed by atoms with E-state index in [-0.39, 0.29) is 23.8 Å². The molecule has 4 unspecified atom stereocenters. The molecule has 10 atom stereocenters. The summed E-state index contributed by atoms with van der Waals surface area (Å²) < 4.78 is 4.89. The van der Waals surface area contributed by atoms with Crippen molar-refractivity contribution in [3.05, 3.63) is 0 Å². The second kappa shape index (κ2) is 1.59. The summed E-state index contributed by atoms with van der Waals surface area (Å²) in [7, 11) is 0. The minimum absolute atomic E-state index is 0.0268. The van der Waals surface area contributed by atoms with E-state index < -0.39 is 0 Å². The molecule has 0 aromatic heterocycles. The maximum atomic E-state index is 11.8. The maximum absolute atomic E-state index is 11.8. The van der Waals surface area contributed by atoms with Gasteiger partial charge < -0.3 is 4.74 Å². The number of cyclic esters (lactones) is 2. The van der Waals surface area contributed by atoms with Crippen molar-refractivity contribution in [3.8, 4) is 0 Å². The maximum Gasteiger partial charge on any atom is 0.317 e. The van der Waals surface area contributed by atoms with Gasteiger partial charge in [-0.1, -0.05) is 6.92 Å². The Bertz CT molecular complexity index is 489. The van der Waals surface area contributed by atoms with Gasteiger partial charge in [-0.15, -0.1) is 0 Å². The number of rotatable bonds is 0. The first kappa shape index (κ1) is 7.46. The van der Waals surface area contributed by atoms with Gasteiger partial charge in [0.05, 0.1) is 11.8 Å². The van der Waals surface area contributed by atoms with Crippen LogP contribution in [0.2, 0.25) is 0 Å². The van der Waals surface area contributed by atoms with Gasteiger partial charge in [0.1, 0.15) is 0 Å². The number of carbonyl (C=O) groups is 2. The van der Waals surface area contributed by atoms with E-state index in [1.807, 2.05) is 0 Å². The van der Waals surface area contributed by atoms with Gasteiger partial charge in [-0.05, 0) is 46.8 Å². The average molecular weight is 216 g/mol. The van der Waals surface area contributed by atoms with Crippen LogP contribution < -0.4 is 0 Å².